The third-order valence-corrected chi connectivity index (χ3v) is 9.07. The fourth-order valence-corrected chi connectivity index (χ4v) is 6.10. The zero-order valence-corrected chi connectivity index (χ0v) is 26.4. The smallest absolute Gasteiger partial charge is 0.338 e. The molecule has 3 aromatic carbocycles. The average molecular weight is 627 g/mol. The summed E-state index contributed by atoms with van der Waals surface area (Å²) in [7, 11) is 0. The Bertz CT molecular complexity index is 1590. The second kappa shape index (κ2) is 14.6. The number of carbonyl (C=O) groups is 5. The molecule has 0 radical (unpaired) electrons. The summed E-state index contributed by atoms with van der Waals surface area (Å²) in [6, 6.07) is 20.0. The van der Waals surface area contributed by atoms with Crippen LogP contribution in [0.4, 0.5) is 0 Å². The average Bonchev–Trinajstić information content (AvgIpc) is 3.57. The molecule has 46 heavy (non-hydrogen) atoms. The number of carbonyl (C=O) groups excluding carboxylic acids is 5. The number of ether oxygens (including phenoxy) is 1. The van der Waals surface area contributed by atoms with Gasteiger partial charge in [0, 0.05) is 13.0 Å². The third-order valence-electron chi connectivity index (χ3n) is 9.07. The Balaban J connectivity index is 1.31. The van der Waals surface area contributed by atoms with Gasteiger partial charge < -0.3 is 25.6 Å². The summed E-state index contributed by atoms with van der Waals surface area (Å²) in [5.74, 6) is -2.07. The van der Waals surface area contributed by atoms with Gasteiger partial charge in [-0.3, -0.25) is 19.2 Å². The van der Waals surface area contributed by atoms with Crippen molar-refractivity contribution >= 4 is 40.4 Å². The molecule has 2 aliphatic rings. The van der Waals surface area contributed by atoms with Crippen molar-refractivity contribution in [2.45, 2.75) is 82.5 Å². The molecule has 3 N–H and O–H groups in total. The van der Waals surface area contributed by atoms with Crippen molar-refractivity contribution in [2.75, 3.05) is 13.2 Å². The Labute approximate surface area is 269 Å². The number of unbranched alkanes of at least 4 members (excludes halogenated alkanes) is 1. The lowest BCUT2D eigenvalue weighted by Crippen LogP contribution is -2.65. The number of hydrogen-bond acceptors (Lipinski definition) is 6. The molecule has 2 saturated heterocycles. The van der Waals surface area contributed by atoms with Crippen LogP contribution in [-0.4, -0.2) is 71.3 Å². The number of fused-ring (bicyclic) bond motifs is 2. The maximum absolute atomic E-state index is 14.1. The SMILES string of the molecule is CC[C@]1(C)NC(=O)[C@H](CCCCOC(=O)c2ccccc2)NC(=O)[C@H]2CCCN2C(=O)[C@H](Cc2ccc3ccccc3c2)NC1=O. The van der Waals surface area contributed by atoms with Gasteiger partial charge in [0.25, 0.3) is 0 Å². The van der Waals surface area contributed by atoms with Gasteiger partial charge in [-0.1, -0.05) is 67.6 Å². The normalized spacial score (nSPS) is 23.9. The molecule has 4 atom stereocenters. The van der Waals surface area contributed by atoms with Gasteiger partial charge in [-0.2, -0.15) is 0 Å². The molecule has 0 spiro atoms. The third kappa shape index (κ3) is 7.55. The monoisotopic (exact) mass is 626 g/mol. The number of amides is 4. The zero-order valence-electron chi connectivity index (χ0n) is 26.4. The Morgan fingerprint density at radius 2 is 1.63 bits per heavy atom. The summed E-state index contributed by atoms with van der Waals surface area (Å²) in [4.78, 5) is 68.9. The predicted octanol–water partition coefficient (Wildman–Crippen LogP) is 3.67. The number of rotatable bonds is 9. The van der Waals surface area contributed by atoms with Gasteiger partial charge in [0.15, 0.2) is 0 Å². The topological polar surface area (TPSA) is 134 Å². The van der Waals surface area contributed by atoms with Crippen LogP contribution in [0.5, 0.6) is 0 Å². The van der Waals surface area contributed by atoms with Crippen LogP contribution < -0.4 is 16.0 Å². The van der Waals surface area contributed by atoms with Crippen molar-refractivity contribution in [3.63, 3.8) is 0 Å². The van der Waals surface area contributed by atoms with Gasteiger partial charge >= 0.3 is 5.97 Å². The van der Waals surface area contributed by atoms with Crippen LogP contribution >= 0.6 is 0 Å². The van der Waals surface area contributed by atoms with Crippen molar-refractivity contribution in [2.24, 2.45) is 0 Å². The largest absolute Gasteiger partial charge is 0.462 e. The van der Waals surface area contributed by atoms with Gasteiger partial charge in [0.05, 0.1) is 12.2 Å². The molecule has 2 heterocycles. The summed E-state index contributed by atoms with van der Waals surface area (Å²) in [5, 5.41) is 10.8. The molecular weight excluding hydrogens is 584 g/mol. The Kier molecular flexibility index (Phi) is 10.3. The number of nitrogens with one attached hydrogen (secondary N) is 3. The Morgan fingerprint density at radius 3 is 2.39 bits per heavy atom. The number of esters is 1. The molecular formula is C36H42N4O6. The molecule has 5 rings (SSSR count). The highest BCUT2D eigenvalue weighted by Crippen LogP contribution is 2.23. The summed E-state index contributed by atoms with van der Waals surface area (Å²) in [6.45, 7) is 3.96. The highest BCUT2D eigenvalue weighted by atomic mass is 16.5. The molecule has 2 fully saturated rings. The number of hydrogen-bond donors (Lipinski definition) is 3. The van der Waals surface area contributed by atoms with Crippen molar-refractivity contribution in [1.82, 2.24) is 20.9 Å². The van der Waals surface area contributed by atoms with E-state index >= 15 is 0 Å². The van der Waals surface area contributed by atoms with Crippen LogP contribution in [0, 0.1) is 0 Å². The van der Waals surface area contributed by atoms with Crippen molar-refractivity contribution in [1.29, 1.82) is 0 Å². The quantitative estimate of drug-likeness (QED) is 0.245. The van der Waals surface area contributed by atoms with E-state index in [1.807, 2.05) is 48.5 Å². The van der Waals surface area contributed by atoms with E-state index in [1.165, 1.54) is 0 Å². The van der Waals surface area contributed by atoms with E-state index in [-0.39, 0.29) is 31.8 Å². The van der Waals surface area contributed by atoms with E-state index in [9.17, 15) is 24.0 Å². The van der Waals surface area contributed by atoms with Crippen LogP contribution in [0.2, 0.25) is 0 Å². The molecule has 242 valence electrons. The molecule has 0 bridgehead atoms. The minimum atomic E-state index is -1.32. The fraction of sp³-hybridized carbons (Fsp3) is 0.417. The lowest BCUT2D eigenvalue weighted by atomic mass is 9.94. The molecule has 10 heteroatoms. The molecule has 0 saturated carbocycles. The molecule has 10 nitrogen and oxygen atoms in total. The van der Waals surface area contributed by atoms with Crippen LogP contribution in [-0.2, 0) is 30.3 Å². The maximum atomic E-state index is 14.1. The molecule has 3 aromatic rings. The standard InChI is InChI=1S/C36H42N4O6/c1-3-36(2)35(45)38-29(23-24-18-19-25-12-7-8-15-27(25)22-24)33(43)40-20-11-17-30(40)32(42)37-28(31(41)39-36)16-9-10-21-46-34(44)26-13-5-4-6-14-26/h4-8,12-15,18-19,22,28-30H,3,9-11,16-17,20-21,23H2,1-2H3,(H,37,42)(H,38,45)(H,39,41)/t28-,29-,30+,36-/m0/s1. The Hall–Kier alpha value is -4.73. The fourth-order valence-electron chi connectivity index (χ4n) is 6.10. The minimum Gasteiger partial charge on any atom is -0.462 e. The van der Waals surface area contributed by atoms with Crippen LogP contribution in [0.3, 0.4) is 0 Å². The van der Waals surface area contributed by atoms with Gasteiger partial charge in [-0.15, -0.1) is 0 Å². The van der Waals surface area contributed by atoms with E-state index in [0.29, 0.717) is 37.8 Å². The summed E-state index contributed by atoms with van der Waals surface area (Å²) < 4.78 is 5.36. The van der Waals surface area contributed by atoms with E-state index in [1.54, 1.807) is 43.0 Å². The second-order valence-electron chi connectivity index (χ2n) is 12.3. The van der Waals surface area contributed by atoms with Gasteiger partial charge in [0.1, 0.15) is 23.7 Å². The van der Waals surface area contributed by atoms with Gasteiger partial charge in [-0.05, 0) is 73.9 Å². The van der Waals surface area contributed by atoms with Crippen LogP contribution in [0.15, 0.2) is 72.8 Å². The van der Waals surface area contributed by atoms with Crippen molar-refractivity contribution < 1.29 is 28.7 Å². The van der Waals surface area contributed by atoms with Crippen molar-refractivity contribution in [3.8, 4) is 0 Å². The molecule has 2 aliphatic heterocycles. The molecule has 0 aliphatic carbocycles. The van der Waals surface area contributed by atoms with Crippen LogP contribution in [0.25, 0.3) is 10.8 Å². The first-order valence-electron chi connectivity index (χ1n) is 16.1. The van der Waals surface area contributed by atoms with Gasteiger partial charge in [0.2, 0.25) is 23.6 Å². The zero-order chi connectivity index (χ0) is 32.7. The van der Waals surface area contributed by atoms with Crippen LogP contribution in [0.1, 0.15) is 68.3 Å². The summed E-state index contributed by atoms with van der Waals surface area (Å²) >= 11 is 0. The molecule has 0 unspecified atom stereocenters. The minimum absolute atomic E-state index is 0.161. The van der Waals surface area contributed by atoms with E-state index in [0.717, 1.165) is 16.3 Å². The lowest BCUT2D eigenvalue weighted by Gasteiger charge is -2.36. The van der Waals surface area contributed by atoms with E-state index in [2.05, 4.69) is 16.0 Å². The highest BCUT2D eigenvalue weighted by Gasteiger charge is 2.43. The number of nitrogens with zero attached hydrogens (tertiary/aromatic N) is 1. The van der Waals surface area contributed by atoms with Gasteiger partial charge in [-0.25, -0.2) is 4.79 Å². The summed E-state index contributed by atoms with van der Waals surface area (Å²) in [6.07, 6.45) is 2.84. The van der Waals surface area contributed by atoms with Crippen molar-refractivity contribution in [3.05, 3.63) is 83.9 Å². The Morgan fingerprint density at radius 1 is 0.891 bits per heavy atom. The summed E-state index contributed by atoms with van der Waals surface area (Å²) in [5.41, 5.74) is 0.0127. The second-order valence-corrected chi connectivity index (χ2v) is 12.3. The predicted molar refractivity (Wildman–Crippen MR) is 174 cm³/mol. The van der Waals surface area contributed by atoms with E-state index < -0.39 is 47.4 Å². The first kappa shape index (κ1) is 32.7. The molecule has 4 amide bonds. The molecule has 0 aromatic heterocycles. The van der Waals surface area contributed by atoms with E-state index in [4.69, 9.17) is 4.74 Å². The lowest BCUT2D eigenvalue weighted by molar-refractivity contribution is -0.144. The first-order chi connectivity index (χ1) is 22.2. The highest BCUT2D eigenvalue weighted by molar-refractivity contribution is 5.99. The first-order valence-corrected chi connectivity index (χ1v) is 16.1. The maximum Gasteiger partial charge on any atom is 0.338 e. The number of benzene rings is 3.